The predicted molar refractivity (Wildman–Crippen MR) is 104 cm³/mol. The Morgan fingerprint density at radius 3 is 2.88 bits per heavy atom. The minimum absolute atomic E-state index is 0.109. The lowest BCUT2D eigenvalue weighted by Crippen LogP contribution is -2.26. The number of carbonyl (C=O) groups excluding carboxylic acids is 1. The van der Waals surface area contributed by atoms with Gasteiger partial charge < -0.3 is 10.2 Å². The number of hydrogen-bond donors (Lipinski definition) is 1. The molecule has 1 aromatic carbocycles. The number of anilines is 1. The number of nitrogens with one attached hydrogen (secondary N) is 1. The average Bonchev–Trinajstić information content (AvgIpc) is 3.32. The van der Waals surface area contributed by atoms with Crippen molar-refractivity contribution in [1.29, 1.82) is 0 Å². The normalized spacial score (nSPS) is 19.7. The second kappa shape index (κ2) is 7.23. The maximum Gasteiger partial charge on any atom is 0.225 e. The van der Waals surface area contributed by atoms with E-state index in [2.05, 4.69) is 45.1 Å². The lowest BCUT2D eigenvalue weighted by molar-refractivity contribution is -0.116. The van der Waals surface area contributed by atoms with E-state index in [4.69, 9.17) is 0 Å². The fourth-order valence-corrected chi connectivity index (χ4v) is 4.36. The molecule has 26 heavy (non-hydrogen) atoms. The number of aryl methyl sites for hydroxylation is 4. The van der Waals surface area contributed by atoms with E-state index in [1.54, 1.807) is 0 Å². The first kappa shape index (κ1) is 17.3. The Balaban J connectivity index is 1.27. The number of aromatic nitrogens is 2. The summed E-state index contributed by atoms with van der Waals surface area (Å²) < 4.78 is 2.15. The number of nitrogens with zero attached hydrogens (tertiary/aromatic N) is 3. The molecule has 2 aromatic rings. The van der Waals surface area contributed by atoms with E-state index in [-0.39, 0.29) is 5.91 Å². The van der Waals surface area contributed by atoms with E-state index in [1.807, 2.05) is 13.0 Å². The summed E-state index contributed by atoms with van der Waals surface area (Å²) in [7, 11) is 0. The molecule has 1 N–H and O–H groups in total. The number of amides is 1. The number of rotatable bonds is 5. The second-order valence-corrected chi connectivity index (χ2v) is 7.75. The predicted octanol–water partition coefficient (Wildman–Crippen LogP) is 3.26. The Bertz CT molecular complexity index is 810. The van der Waals surface area contributed by atoms with Crippen molar-refractivity contribution in [3.8, 4) is 0 Å². The molecule has 5 heteroatoms. The van der Waals surface area contributed by atoms with Crippen molar-refractivity contribution in [1.82, 2.24) is 14.7 Å². The van der Waals surface area contributed by atoms with Crippen molar-refractivity contribution in [2.45, 2.75) is 52.0 Å². The molecular formula is C21H28N4O. The SMILES string of the molecule is Cc1cc(C)n([C@H]2CCN(CCC(=O)Nc3ccc4c(c3)CCC4)C2)n1. The van der Waals surface area contributed by atoms with Gasteiger partial charge in [-0.2, -0.15) is 5.10 Å². The summed E-state index contributed by atoms with van der Waals surface area (Å²) in [4.78, 5) is 14.7. The van der Waals surface area contributed by atoms with Crippen LogP contribution in [0.4, 0.5) is 5.69 Å². The molecule has 1 saturated heterocycles. The highest BCUT2D eigenvalue weighted by atomic mass is 16.1. The molecule has 0 bridgehead atoms. The molecule has 1 aromatic heterocycles. The Labute approximate surface area is 155 Å². The fraction of sp³-hybridized carbons (Fsp3) is 0.524. The Morgan fingerprint density at radius 2 is 2.08 bits per heavy atom. The lowest BCUT2D eigenvalue weighted by Gasteiger charge is -2.17. The number of hydrogen-bond acceptors (Lipinski definition) is 3. The molecule has 5 nitrogen and oxygen atoms in total. The molecule has 0 spiro atoms. The first-order chi connectivity index (χ1) is 12.6. The van der Waals surface area contributed by atoms with Crippen LogP contribution in [0.25, 0.3) is 0 Å². The first-order valence-corrected chi connectivity index (χ1v) is 9.75. The van der Waals surface area contributed by atoms with E-state index in [0.717, 1.165) is 43.9 Å². The zero-order chi connectivity index (χ0) is 18.1. The third kappa shape index (κ3) is 3.68. The average molecular weight is 352 g/mol. The third-order valence-electron chi connectivity index (χ3n) is 5.68. The molecule has 4 rings (SSSR count). The van der Waals surface area contributed by atoms with Crippen LogP contribution in [0.3, 0.4) is 0 Å². The third-order valence-corrected chi connectivity index (χ3v) is 5.68. The molecule has 1 aliphatic carbocycles. The van der Waals surface area contributed by atoms with Gasteiger partial charge in [0.15, 0.2) is 0 Å². The number of likely N-dealkylation sites (tertiary alicyclic amines) is 1. The summed E-state index contributed by atoms with van der Waals surface area (Å²) in [5, 5.41) is 7.68. The minimum Gasteiger partial charge on any atom is -0.326 e. The van der Waals surface area contributed by atoms with E-state index >= 15 is 0 Å². The topological polar surface area (TPSA) is 50.2 Å². The molecule has 1 fully saturated rings. The van der Waals surface area contributed by atoms with Crippen LogP contribution in [0, 0.1) is 13.8 Å². The van der Waals surface area contributed by atoms with Gasteiger partial charge >= 0.3 is 0 Å². The van der Waals surface area contributed by atoms with Crippen LogP contribution >= 0.6 is 0 Å². The van der Waals surface area contributed by atoms with Crippen molar-refractivity contribution in [3.05, 3.63) is 46.8 Å². The Kier molecular flexibility index (Phi) is 4.81. The summed E-state index contributed by atoms with van der Waals surface area (Å²) in [5.74, 6) is 0.109. The van der Waals surface area contributed by atoms with E-state index in [9.17, 15) is 4.79 Å². The van der Waals surface area contributed by atoms with Gasteiger partial charge in [0, 0.05) is 37.4 Å². The van der Waals surface area contributed by atoms with Crippen LogP contribution in [0.5, 0.6) is 0 Å². The summed E-state index contributed by atoms with van der Waals surface area (Å²) in [6, 6.07) is 8.92. The van der Waals surface area contributed by atoms with Gasteiger partial charge in [-0.05, 0) is 68.9 Å². The van der Waals surface area contributed by atoms with Crippen molar-refractivity contribution < 1.29 is 4.79 Å². The van der Waals surface area contributed by atoms with Gasteiger partial charge in [-0.25, -0.2) is 0 Å². The number of benzene rings is 1. The molecule has 1 amide bonds. The minimum atomic E-state index is 0.109. The monoisotopic (exact) mass is 352 g/mol. The van der Waals surface area contributed by atoms with Crippen LogP contribution in [0.15, 0.2) is 24.3 Å². The molecule has 1 aliphatic heterocycles. The molecule has 2 heterocycles. The highest BCUT2D eigenvalue weighted by molar-refractivity contribution is 5.91. The maximum absolute atomic E-state index is 12.3. The molecule has 0 saturated carbocycles. The van der Waals surface area contributed by atoms with Crippen LogP contribution in [-0.4, -0.2) is 40.2 Å². The van der Waals surface area contributed by atoms with Crippen molar-refractivity contribution >= 4 is 11.6 Å². The zero-order valence-corrected chi connectivity index (χ0v) is 15.8. The molecule has 138 valence electrons. The van der Waals surface area contributed by atoms with E-state index < -0.39 is 0 Å². The smallest absolute Gasteiger partial charge is 0.225 e. The van der Waals surface area contributed by atoms with Crippen LogP contribution in [0.2, 0.25) is 0 Å². The molecule has 0 radical (unpaired) electrons. The van der Waals surface area contributed by atoms with Gasteiger partial charge in [0.2, 0.25) is 5.91 Å². The van der Waals surface area contributed by atoms with Crippen molar-refractivity contribution in [2.75, 3.05) is 25.0 Å². The Morgan fingerprint density at radius 1 is 1.23 bits per heavy atom. The van der Waals surface area contributed by atoms with Gasteiger partial charge in [-0.3, -0.25) is 9.48 Å². The van der Waals surface area contributed by atoms with Gasteiger partial charge in [-0.15, -0.1) is 0 Å². The zero-order valence-electron chi connectivity index (χ0n) is 15.8. The highest BCUT2D eigenvalue weighted by Crippen LogP contribution is 2.25. The van der Waals surface area contributed by atoms with E-state index in [0.29, 0.717) is 12.5 Å². The molecule has 2 aliphatic rings. The quantitative estimate of drug-likeness (QED) is 0.898. The standard InChI is InChI=1S/C21H28N4O/c1-15-12-16(2)25(23-15)20-8-10-24(14-20)11-9-21(26)22-19-7-6-17-4-3-5-18(17)13-19/h6-7,12-13,20H,3-5,8-11,14H2,1-2H3,(H,22,26)/t20-/m0/s1. The van der Waals surface area contributed by atoms with Crippen LogP contribution < -0.4 is 5.32 Å². The summed E-state index contributed by atoms with van der Waals surface area (Å²) in [6.07, 6.45) is 5.20. The summed E-state index contributed by atoms with van der Waals surface area (Å²) in [5.41, 5.74) is 6.08. The largest absolute Gasteiger partial charge is 0.326 e. The van der Waals surface area contributed by atoms with Crippen LogP contribution in [0.1, 0.15) is 47.8 Å². The Hall–Kier alpha value is -2.14. The molecule has 1 atom stereocenters. The second-order valence-electron chi connectivity index (χ2n) is 7.75. The maximum atomic E-state index is 12.3. The lowest BCUT2D eigenvalue weighted by atomic mass is 10.1. The number of carbonyl (C=O) groups is 1. The van der Waals surface area contributed by atoms with Gasteiger partial charge in [0.1, 0.15) is 0 Å². The van der Waals surface area contributed by atoms with Gasteiger partial charge in [0.05, 0.1) is 11.7 Å². The van der Waals surface area contributed by atoms with Crippen LogP contribution in [-0.2, 0) is 17.6 Å². The van der Waals surface area contributed by atoms with Crippen molar-refractivity contribution in [3.63, 3.8) is 0 Å². The fourth-order valence-electron chi connectivity index (χ4n) is 4.36. The summed E-state index contributed by atoms with van der Waals surface area (Å²) in [6.45, 7) is 6.99. The van der Waals surface area contributed by atoms with Gasteiger partial charge in [-0.1, -0.05) is 6.07 Å². The van der Waals surface area contributed by atoms with E-state index in [1.165, 1.54) is 29.7 Å². The number of fused-ring (bicyclic) bond motifs is 1. The highest BCUT2D eigenvalue weighted by Gasteiger charge is 2.25. The molecular weight excluding hydrogens is 324 g/mol. The molecule has 0 unspecified atom stereocenters. The summed E-state index contributed by atoms with van der Waals surface area (Å²) >= 11 is 0. The first-order valence-electron chi connectivity index (χ1n) is 9.75. The van der Waals surface area contributed by atoms with Crippen molar-refractivity contribution in [2.24, 2.45) is 0 Å². The van der Waals surface area contributed by atoms with Gasteiger partial charge in [0.25, 0.3) is 0 Å².